The molecule has 0 aliphatic carbocycles. The molecule has 0 aliphatic rings. The number of hydrogen-bond donors (Lipinski definition) is 0. The summed E-state index contributed by atoms with van der Waals surface area (Å²) >= 11 is 0. The normalized spacial score (nSPS) is 10.8. The van der Waals surface area contributed by atoms with Gasteiger partial charge in [0.2, 0.25) is 5.78 Å². The Morgan fingerprint density at radius 3 is 2.63 bits per heavy atom. The Kier molecular flexibility index (Phi) is 3.90. The molecule has 2 heterocycles. The summed E-state index contributed by atoms with van der Waals surface area (Å²) in [6.07, 6.45) is 0. The van der Waals surface area contributed by atoms with Gasteiger partial charge in [0, 0.05) is 7.05 Å². The first-order valence-electron chi connectivity index (χ1n) is 8.09. The first-order valence-corrected chi connectivity index (χ1v) is 8.09. The molecule has 8 heteroatoms. The zero-order valence-corrected chi connectivity index (χ0v) is 14.3. The highest BCUT2D eigenvalue weighted by molar-refractivity contribution is 5.89. The van der Waals surface area contributed by atoms with Crippen molar-refractivity contribution in [2.75, 3.05) is 0 Å². The first kappa shape index (κ1) is 16.5. The van der Waals surface area contributed by atoms with E-state index in [9.17, 15) is 9.59 Å². The maximum Gasteiger partial charge on any atom is 0.338 e. The van der Waals surface area contributed by atoms with Crippen LogP contribution in [0.2, 0.25) is 0 Å². The molecule has 0 amide bonds. The third-order valence-electron chi connectivity index (χ3n) is 4.28. The molecule has 0 saturated carbocycles. The highest BCUT2D eigenvalue weighted by Crippen LogP contribution is 2.15. The van der Waals surface area contributed by atoms with Crippen LogP contribution in [0, 0.1) is 11.3 Å². The van der Waals surface area contributed by atoms with Gasteiger partial charge in [-0.2, -0.15) is 5.26 Å². The molecule has 0 N–H and O–H groups in total. The standard InChI is InChI=1S/C19H13N5O3/c1-23-17(25)14-4-2-3-5-15(14)24-16(21-22-19(23)24)11-27-18(26)13-8-6-12(10-20)7-9-13/h2-9H,11H2,1H3. The van der Waals surface area contributed by atoms with Crippen molar-refractivity contribution in [3.05, 3.63) is 75.8 Å². The number of fused-ring (bicyclic) bond motifs is 3. The van der Waals surface area contributed by atoms with Gasteiger partial charge in [0.25, 0.3) is 5.56 Å². The van der Waals surface area contributed by atoms with Crippen LogP contribution in [-0.2, 0) is 18.4 Å². The molecule has 0 saturated heterocycles. The second kappa shape index (κ2) is 6.38. The molecule has 0 aliphatic heterocycles. The number of nitriles is 1. The second-order valence-electron chi connectivity index (χ2n) is 5.90. The molecule has 0 bridgehead atoms. The van der Waals surface area contributed by atoms with Crippen LogP contribution in [0.4, 0.5) is 0 Å². The minimum atomic E-state index is -0.537. The van der Waals surface area contributed by atoms with Gasteiger partial charge < -0.3 is 4.74 Å². The van der Waals surface area contributed by atoms with Gasteiger partial charge in [-0.25, -0.2) is 4.79 Å². The topological polar surface area (TPSA) is 102 Å². The highest BCUT2D eigenvalue weighted by Gasteiger charge is 2.16. The number of hydrogen-bond acceptors (Lipinski definition) is 6. The summed E-state index contributed by atoms with van der Waals surface area (Å²) in [5.41, 5.74) is 1.26. The third-order valence-corrected chi connectivity index (χ3v) is 4.28. The molecule has 0 spiro atoms. The molecule has 0 radical (unpaired) electrons. The number of nitrogens with zero attached hydrogens (tertiary/aromatic N) is 5. The molecule has 0 unspecified atom stereocenters. The molecular formula is C19H13N5O3. The average molecular weight is 359 g/mol. The van der Waals surface area contributed by atoms with Gasteiger partial charge in [-0.15, -0.1) is 10.2 Å². The minimum Gasteiger partial charge on any atom is -0.454 e. The smallest absolute Gasteiger partial charge is 0.338 e. The minimum absolute atomic E-state index is 0.109. The summed E-state index contributed by atoms with van der Waals surface area (Å²) in [7, 11) is 1.62. The van der Waals surface area contributed by atoms with Gasteiger partial charge in [-0.05, 0) is 36.4 Å². The number of aromatic nitrogens is 4. The third kappa shape index (κ3) is 2.71. The molecule has 8 nitrogen and oxygen atoms in total. The SMILES string of the molecule is Cn1c(=O)c2ccccc2n2c(COC(=O)c3ccc(C#N)cc3)nnc12. The number of carbonyl (C=O) groups is 1. The molecule has 2 aromatic carbocycles. The van der Waals surface area contributed by atoms with Crippen LogP contribution < -0.4 is 5.56 Å². The van der Waals surface area contributed by atoms with Crippen LogP contribution in [0.15, 0.2) is 53.3 Å². The molecule has 2 aromatic heterocycles. The Bertz CT molecular complexity index is 1280. The predicted molar refractivity (Wildman–Crippen MR) is 96.0 cm³/mol. The van der Waals surface area contributed by atoms with E-state index in [1.807, 2.05) is 12.1 Å². The zero-order valence-electron chi connectivity index (χ0n) is 14.3. The van der Waals surface area contributed by atoms with Gasteiger partial charge >= 0.3 is 5.97 Å². The Morgan fingerprint density at radius 1 is 1.15 bits per heavy atom. The van der Waals surface area contributed by atoms with E-state index in [0.717, 1.165) is 0 Å². The largest absolute Gasteiger partial charge is 0.454 e. The lowest BCUT2D eigenvalue weighted by Crippen LogP contribution is -2.20. The predicted octanol–water partition coefficient (Wildman–Crippen LogP) is 1.81. The number of esters is 1. The lowest BCUT2D eigenvalue weighted by molar-refractivity contribution is 0.0461. The van der Waals surface area contributed by atoms with Crippen LogP contribution >= 0.6 is 0 Å². The Labute approximate surface area is 152 Å². The first-order chi connectivity index (χ1) is 13.1. The molecule has 4 aromatic rings. The molecule has 4 rings (SSSR count). The van der Waals surface area contributed by atoms with Crippen molar-refractivity contribution in [2.45, 2.75) is 6.61 Å². The Hall–Kier alpha value is -3.99. The fraction of sp³-hybridized carbons (Fsp3) is 0.105. The van der Waals surface area contributed by atoms with E-state index >= 15 is 0 Å². The van der Waals surface area contributed by atoms with Crippen molar-refractivity contribution in [1.82, 2.24) is 19.2 Å². The highest BCUT2D eigenvalue weighted by atomic mass is 16.5. The fourth-order valence-electron chi connectivity index (χ4n) is 2.88. The summed E-state index contributed by atoms with van der Waals surface area (Å²) in [6.45, 7) is -0.109. The van der Waals surface area contributed by atoms with Crippen LogP contribution in [0.5, 0.6) is 0 Å². The molecule has 0 fully saturated rings. The van der Waals surface area contributed by atoms with E-state index in [2.05, 4.69) is 10.2 Å². The number of aryl methyl sites for hydroxylation is 1. The monoisotopic (exact) mass is 359 g/mol. The number of rotatable bonds is 3. The lowest BCUT2D eigenvalue weighted by atomic mass is 10.1. The maximum absolute atomic E-state index is 12.4. The molecular weight excluding hydrogens is 346 g/mol. The van der Waals surface area contributed by atoms with Crippen LogP contribution in [0.1, 0.15) is 21.7 Å². The number of ether oxygens (including phenoxy) is 1. The van der Waals surface area contributed by atoms with E-state index in [-0.39, 0.29) is 12.2 Å². The summed E-state index contributed by atoms with van der Waals surface area (Å²) in [4.78, 5) is 24.7. The Balaban J connectivity index is 1.69. The van der Waals surface area contributed by atoms with Gasteiger partial charge in [0.05, 0.1) is 28.1 Å². The van der Waals surface area contributed by atoms with Gasteiger partial charge in [-0.3, -0.25) is 13.8 Å². The van der Waals surface area contributed by atoms with Gasteiger partial charge in [0.15, 0.2) is 12.4 Å². The lowest BCUT2D eigenvalue weighted by Gasteiger charge is -2.08. The number of para-hydroxylation sites is 1. The summed E-state index contributed by atoms with van der Waals surface area (Å²) in [6, 6.07) is 15.3. The zero-order chi connectivity index (χ0) is 19.0. The van der Waals surface area contributed by atoms with Gasteiger partial charge in [0.1, 0.15) is 0 Å². The van der Waals surface area contributed by atoms with Crippen molar-refractivity contribution in [3.63, 3.8) is 0 Å². The average Bonchev–Trinajstić information content (AvgIpc) is 3.14. The number of carbonyl (C=O) groups excluding carboxylic acids is 1. The summed E-state index contributed by atoms with van der Waals surface area (Å²) in [5.74, 6) is 0.229. The summed E-state index contributed by atoms with van der Waals surface area (Å²) in [5, 5.41) is 17.5. The van der Waals surface area contributed by atoms with Crippen molar-refractivity contribution in [3.8, 4) is 6.07 Å². The van der Waals surface area contributed by atoms with Crippen molar-refractivity contribution in [2.24, 2.45) is 7.05 Å². The van der Waals surface area contributed by atoms with E-state index in [0.29, 0.717) is 33.6 Å². The Morgan fingerprint density at radius 2 is 1.89 bits per heavy atom. The molecule has 132 valence electrons. The van der Waals surface area contributed by atoms with Crippen molar-refractivity contribution in [1.29, 1.82) is 5.26 Å². The van der Waals surface area contributed by atoms with Crippen LogP contribution in [0.25, 0.3) is 16.7 Å². The van der Waals surface area contributed by atoms with Gasteiger partial charge in [-0.1, -0.05) is 12.1 Å². The van der Waals surface area contributed by atoms with E-state index in [4.69, 9.17) is 10.00 Å². The van der Waals surface area contributed by atoms with Crippen LogP contribution in [0.3, 0.4) is 0 Å². The second-order valence-corrected chi connectivity index (χ2v) is 5.90. The molecule has 0 atom stereocenters. The van der Waals surface area contributed by atoms with Crippen molar-refractivity contribution < 1.29 is 9.53 Å². The molecule has 27 heavy (non-hydrogen) atoms. The fourth-order valence-corrected chi connectivity index (χ4v) is 2.88. The van der Waals surface area contributed by atoms with E-state index in [1.165, 1.54) is 16.7 Å². The quantitative estimate of drug-likeness (QED) is 0.517. The maximum atomic E-state index is 12.4. The van der Waals surface area contributed by atoms with E-state index < -0.39 is 5.97 Å². The van der Waals surface area contributed by atoms with E-state index in [1.54, 1.807) is 41.8 Å². The van der Waals surface area contributed by atoms with Crippen LogP contribution in [-0.4, -0.2) is 25.1 Å². The number of benzene rings is 2. The van der Waals surface area contributed by atoms with Crippen molar-refractivity contribution >= 4 is 22.6 Å². The summed E-state index contributed by atoms with van der Waals surface area (Å²) < 4.78 is 8.44.